The predicted molar refractivity (Wildman–Crippen MR) is 82.6 cm³/mol. The van der Waals surface area contributed by atoms with Crippen molar-refractivity contribution in [2.45, 2.75) is 60.0 Å². The van der Waals surface area contributed by atoms with Crippen molar-refractivity contribution in [3.63, 3.8) is 0 Å². The van der Waals surface area contributed by atoms with Crippen LogP contribution in [0.4, 0.5) is 4.79 Å². The van der Waals surface area contributed by atoms with Crippen LogP contribution < -0.4 is 5.32 Å². The number of urea groups is 1. The van der Waals surface area contributed by atoms with Crippen molar-refractivity contribution in [2.75, 3.05) is 19.6 Å². The number of aliphatic hydroxyl groups is 1. The second-order valence-corrected chi connectivity index (χ2v) is 7.51. The molecule has 0 aromatic carbocycles. The summed E-state index contributed by atoms with van der Waals surface area (Å²) in [5.74, 6) is 0.856. The largest absolute Gasteiger partial charge is 0.393 e. The molecule has 20 heavy (non-hydrogen) atoms. The summed E-state index contributed by atoms with van der Waals surface area (Å²) in [4.78, 5) is 14.1. The van der Waals surface area contributed by atoms with Crippen molar-refractivity contribution in [1.82, 2.24) is 10.2 Å². The Morgan fingerprint density at radius 3 is 2.60 bits per heavy atom. The molecule has 118 valence electrons. The summed E-state index contributed by atoms with van der Waals surface area (Å²) >= 11 is 0. The van der Waals surface area contributed by atoms with E-state index in [0.29, 0.717) is 19.0 Å². The van der Waals surface area contributed by atoms with Gasteiger partial charge >= 0.3 is 6.03 Å². The van der Waals surface area contributed by atoms with E-state index in [1.54, 1.807) is 0 Å². The van der Waals surface area contributed by atoms with Crippen LogP contribution in [0, 0.1) is 17.3 Å². The van der Waals surface area contributed by atoms with E-state index < -0.39 is 0 Å². The first-order chi connectivity index (χ1) is 9.21. The number of hydrogen-bond acceptors (Lipinski definition) is 2. The molecule has 1 fully saturated rings. The third-order valence-corrected chi connectivity index (χ3v) is 4.11. The molecule has 0 bridgehead atoms. The maximum atomic E-state index is 12.2. The zero-order valence-electron chi connectivity index (χ0n) is 13.8. The van der Waals surface area contributed by atoms with Crippen molar-refractivity contribution >= 4 is 6.03 Å². The van der Waals surface area contributed by atoms with Crippen molar-refractivity contribution in [2.24, 2.45) is 17.3 Å². The van der Waals surface area contributed by atoms with E-state index in [2.05, 4.69) is 33.0 Å². The molecule has 2 N–H and O–H groups in total. The zero-order chi connectivity index (χ0) is 15.3. The van der Waals surface area contributed by atoms with Gasteiger partial charge in [-0.1, -0.05) is 27.7 Å². The summed E-state index contributed by atoms with van der Waals surface area (Å²) in [6.07, 6.45) is 2.77. The molecule has 0 saturated carbocycles. The van der Waals surface area contributed by atoms with Crippen molar-refractivity contribution in [1.29, 1.82) is 0 Å². The first-order valence-electron chi connectivity index (χ1n) is 7.92. The lowest BCUT2D eigenvalue weighted by Crippen LogP contribution is -2.49. The standard InChI is InChI=1S/C16H32N2O2/c1-12(2)9-16(4,5)11-17-15(20)18-8-6-7-14(10-18)13(3)19/h12-14,19H,6-11H2,1-5H3,(H,17,20). The Hall–Kier alpha value is -0.770. The van der Waals surface area contributed by atoms with Gasteiger partial charge in [0.15, 0.2) is 0 Å². The lowest BCUT2D eigenvalue weighted by Gasteiger charge is -2.35. The number of likely N-dealkylation sites (tertiary alicyclic amines) is 1. The molecule has 2 atom stereocenters. The monoisotopic (exact) mass is 284 g/mol. The molecule has 0 aromatic rings. The molecular weight excluding hydrogens is 252 g/mol. The lowest BCUT2D eigenvalue weighted by atomic mass is 9.84. The van der Waals surface area contributed by atoms with E-state index in [9.17, 15) is 9.90 Å². The van der Waals surface area contributed by atoms with Gasteiger partial charge in [-0.25, -0.2) is 4.79 Å². The van der Waals surface area contributed by atoms with Crippen LogP contribution in [0.15, 0.2) is 0 Å². The Balaban J connectivity index is 2.42. The number of hydrogen-bond donors (Lipinski definition) is 2. The zero-order valence-corrected chi connectivity index (χ0v) is 13.8. The highest BCUT2D eigenvalue weighted by atomic mass is 16.3. The van der Waals surface area contributed by atoms with Crippen LogP contribution in [-0.4, -0.2) is 41.8 Å². The van der Waals surface area contributed by atoms with Gasteiger partial charge in [-0.05, 0) is 37.5 Å². The van der Waals surface area contributed by atoms with Gasteiger partial charge in [0.05, 0.1) is 6.10 Å². The van der Waals surface area contributed by atoms with Crippen LogP contribution in [0.25, 0.3) is 0 Å². The predicted octanol–water partition coefficient (Wildman–Crippen LogP) is 2.86. The smallest absolute Gasteiger partial charge is 0.317 e. The second-order valence-electron chi connectivity index (χ2n) is 7.51. The van der Waals surface area contributed by atoms with Gasteiger partial charge in [0, 0.05) is 25.6 Å². The Kier molecular flexibility index (Phi) is 6.31. The maximum absolute atomic E-state index is 12.2. The molecule has 2 amide bonds. The van der Waals surface area contributed by atoms with Crippen molar-refractivity contribution in [3.8, 4) is 0 Å². The minimum atomic E-state index is -0.331. The highest BCUT2D eigenvalue weighted by Gasteiger charge is 2.27. The fourth-order valence-electron chi connectivity index (χ4n) is 3.19. The second kappa shape index (κ2) is 7.30. The van der Waals surface area contributed by atoms with Gasteiger partial charge in [-0.3, -0.25) is 0 Å². The van der Waals surface area contributed by atoms with Crippen LogP contribution in [0.2, 0.25) is 0 Å². The van der Waals surface area contributed by atoms with Gasteiger partial charge in [0.25, 0.3) is 0 Å². The Morgan fingerprint density at radius 1 is 1.40 bits per heavy atom. The molecule has 1 heterocycles. The quantitative estimate of drug-likeness (QED) is 0.815. The van der Waals surface area contributed by atoms with E-state index >= 15 is 0 Å². The summed E-state index contributed by atoms with van der Waals surface area (Å²) in [7, 11) is 0. The Labute approximate surface area is 123 Å². The third-order valence-electron chi connectivity index (χ3n) is 4.11. The first-order valence-corrected chi connectivity index (χ1v) is 7.92. The molecule has 1 aliphatic heterocycles. The molecular formula is C16H32N2O2. The SMILES string of the molecule is CC(C)CC(C)(C)CNC(=O)N1CCCC(C(C)O)C1. The number of carbonyl (C=O) groups is 1. The topological polar surface area (TPSA) is 52.6 Å². The molecule has 1 saturated heterocycles. The van der Waals surface area contributed by atoms with Crippen molar-refractivity contribution < 1.29 is 9.90 Å². The Morgan fingerprint density at radius 2 is 2.05 bits per heavy atom. The molecule has 0 radical (unpaired) electrons. The summed E-state index contributed by atoms with van der Waals surface area (Å²) < 4.78 is 0. The maximum Gasteiger partial charge on any atom is 0.317 e. The normalized spacial score (nSPS) is 21.9. The number of piperidine rings is 1. The summed E-state index contributed by atoms with van der Waals surface area (Å²) in [5.41, 5.74) is 0.128. The minimum Gasteiger partial charge on any atom is -0.393 e. The van der Waals surface area contributed by atoms with Crippen LogP contribution in [-0.2, 0) is 0 Å². The number of aliphatic hydroxyl groups excluding tert-OH is 1. The third kappa shape index (κ3) is 5.70. The fourth-order valence-corrected chi connectivity index (χ4v) is 3.19. The summed E-state index contributed by atoms with van der Waals surface area (Å²) in [5, 5.41) is 12.7. The van der Waals surface area contributed by atoms with Crippen LogP contribution in [0.5, 0.6) is 0 Å². The molecule has 2 unspecified atom stereocenters. The molecule has 4 nitrogen and oxygen atoms in total. The van der Waals surface area contributed by atoms with E-state index in [1.165, 1.54) is 0 Å². The molecule has 4 heteroatoms. The Bertz CT molecular complexity index is 314. The fraction of sp³-hybridized carbons (Fsp3) is 0.938. The highest BCUT2D eigenvalue weighted by molar-refractivity contribution is 5.74. The van der Waals surface area contributed by atoms with E-state index in [-0.39, 0.29) is 23.5 Å². The molecule has 1 aliphatic rings. The number of amides is 2. The van der Waals surface area contributed by atoms with Crippen LogP contribution in [0.3, 0.4) is 0 Å². The summed E-state index contributed by atoms with van der Waals surface area (Å²) in [6.45, 7) is 12.8. The van der Waals surface area contributed by atoms with Crippen LogP contribution in [0.1, 0.15) is 53.9 Å². The first kappa shape index (κ1) is 17.3. The van der Waals surface area contributed by atoms with E-state index in [4.69, 9.17) is 0 Å². The summed E-state index contributed by atoms with van der Waals surface area (Å²) in [6, 6.07) is 0.0205. The number of nitrogens with zero attached hydrogens (tertiary/aromatic N) is 1. The molecule has 0 spiro atoms. The van der Waals surface area contributed by atoms with Gasteiger partial charge in [-0.2, -0.15) is 0 Å². The average Bonchev–Trinajstić information content (AvgIpc) is 2.34. The van der Waals surface area contributed by atoms with Gasteiger partial charge in [-0.15, -0.1) is 0 Å². The molecule has 0 aliphatic carbocycles. The highest BCUT2D eigenvalue weighted by Crippen LogP contribution is 2.24. The van der Waals surface area contributed by atoms with Crippen molar-refractivity contribution in [3.05, 3.63) is 0 Å². The van der Waals surface area contributed by atoms with Gasteiger partial charge in [0.1, 0.15) is 0 Å². The van der Waals surface area contributed by atoms with Crippen LogP contribution >= 0.6 is 0 Å². The van der Waals surface area contributed by atoms with E-state index in [1.807, 2.05) is 11.8 Å². The molecule has 1 rings (SSSR count). The number of carbonyl (C=O) groups excluding carboxylic acids is 1. The average molecular weight is 284 g/mol. The lowest BCUT2D eigenvalue weighted by molar-refractivity contribution is 0.0731. The van der Waals surface area contributed by atoms with E-state index in [0.717, 1.165) is 25.8 Å². The minimum absolute atomic E-state index is 0.0205. The number of nitrogens with one attached hydrogen (secondary N) is 1. The van der Waals surface area contributed by atoms with Gasteiger partial charge < -0.3 is 15.3 Å². The molecule has 0 aromatic heterocycles. The number of rotatable bonds is 5. The van der Waals surface area contributed by atoms with Gasteiger partial charge in [0.2, 0.25) is 0 Å².